The van der Waals surface area contributed by atoms with Crippen molar-refractivity contribution in [3.05, 3.63) is 23.8 Å². The average molecular weight is 415 g/mol. The first kappa shape index (κ1) is 20.5. The zero-order chi connectivity index (χ0) is 21.5. The Hall–Kier alpha value is -2.77. The molecule has 30 heavy (non-hydrogen) atoms. The van der Waals surface area contributed by atoms with Crippen molar-refractivity contribution >= 4 is 17.8 Å². The Morgan fingerprint density at radius 2 is 1.90 bits per heavy atom. The minimum atomic E-state index is -1.11. The quantitative estimate of drug-likeness (QED) is 0.746. The van der Waals surface area contributed by atoms with E-state index in [1.165, 1.54) is 0 Å². The summed E-state index contributed by atoms with van der Waals surface area (Å²) in [7, 11) is 1.77. The predicted octanol–water partition coefficient (Wildman–Crippen LogP) is 2.31. The van der Waals surface area contributed by atoms with Crippen LogP contribution in [-0.2, 0) is 16.0 Å². The fraction of sp³-hybridized carbons (Fsp3) is 0.591. The number of hydrogen-bond donors (Lipinski definition) is 1. The smallest absolute Gasteiger partial charge is 0.325 e. The van der Waals surface area contributed by atoms with Crippen LogP contribution >= 0.6 is 0 Å². The normalized spacial score (nSPS) is 27.9. The number of benzene rings is 1. The lowest BCUT2D eigenvalue weighted by Crippen LogP contribution is -2.48. The van der Waals surface area contributed by atoms with E-state index in [2.05, 4.69) is 12.2 Å². The highest BCUT2D eigenvalue weighted by atomic mass is 16.7. The summed E-state index contributed by atoms with van der Waals surface area (Å²) >= 11 is 0. The molecule has 2 fully saturated rings. The first-order valence-electron chi connectivity index (χ1n) is 10.5. The Morgan fingerprint density at radius 1 is 1.20 bits per heavy atom. The van der Waals surface area contributed by atoms with Gasteiger partial charge >= 0.3 is 6.03 Å². The van der Waals surface area contributed by atoms with E-state index in [4.69, 9.17) is 9.47 Å². The molecule has 1 saturated heterocycles. The minimum Gasteiger partial charge on any atom is -0.454 e. The summed E-state index contributed by atoms with van der Waals surface area (Å²) in [6, 6.07) is 5.11. The Morgan fingerprint density at radius 3 is 2.63 bits per heavy atom. The molecular formula is C22H29N3O5. The highest BCUT2D eigenvalue weighted by Gasteiger charge is 2.48. The third kappa shape index (κ3) is 3.82. The molecule has 2 heterocycles. The van der Waals surface area contributed by atoms with Gasteiger partial charge in [0.15, 0.2) is 11.5 Å². The predicted molar refractivity (Wildman–Crippen MR) is 109 cm³/mol. The van der Waals surface area contributed by atoms with Gasteiger partial charge in [-0.1, -0.05) is 13.0 Å². The summed E-state index contributed by atoms with van der Waals surface area (Å²) in [6.45, 7) is 3.86. The van der Waals surface area contributed by atoms with E-state index in [-0.39, 0.29) is 31.2 Å². The van der Waals surface area contributed by atoms with Crippen LogP contribution in [0, 0.1) is 5.92 Å². The number of ether oxygens (including phenoxy) is 2. The molecule has 1 aromatic rings. The Balaban J connectivity index is 1.41. The molecule has 162 valence electrons. The van der Waals surface area contributed by atoms with E-state index in [9.17, 15) is 14.4 Å². The van der Waals surface area contributed by atoms with Gasteiger partial charge < -0.3 is 19.7 Å². The fourth-order valence-corrected chi connectivity index (χ4v) is 4.55. The van der Waals surface area contributed by atoms with E-state index < -0.39 is 11.6 Å². The number of nitrogens with zero attached hydrogens (tertiary/aromatic N) is 2. The topological polar surface area (TPSA) is 88.2 Å². The second-order valence-corrected chi connectivity index (χ2v) is 8.94. The summed E-state index contributed by atoms with van der Waals surface area (Å²) < 4.78 is 10.7. The van der Waals surface area contributed by atoms with E-state index in [1.54, 1.807) is 24.9 Å². The first-order valence-corrected chi connectivity index (χ1v) is 10.5. The maximum atomic E-state index is 13.1. The maximum absolute atomic E-state index is 13.1. The number of carbonyl (C=O) groups is 3. The minimum absolute atomic E-state index is 0.175. The van der Waals surface area contributed by atoms with Crippen molar-refractivity contribution in [1.82, 2.24) is 15.1 Å². The number of imide groups is 1. The molecule has 0 bridgehead atoms. The maximum Gasteiger partial charge on any atom is 0.325 e. The lowest BCUT2D eigenvalue weighted by atomic mass is 9.87. The number of carbonyl (C=O) groups excluding carboxylic acids is 3. The molecule has 1 atom stereocenters. The van der Waals surface area contributed by atoms with Gasteiger partial charge in [0, 0.05) is 19.5 Å². The van der Waals surface area contributed by atoms with Crippen LogP contribution in [0.25, 0.3) is 0 Å². The van der Waals surface area contributed by atoms with Gasteiger partial charge in [0.1, 0.15) is 12.1 Å². The Bertz CT molecular complexity index is 864. The van der Waals surface area contributed by atoms with E-state index in [0.717, 1.165) is 36.1 Å². The standard InChI is InChI=1S/C22H29N3O5/c1-14-4-7-16(8-5-14)24(3)19(26)12-25-20(27)22(2,23-21(25)28)11-15-6-9-17-18(10-15)30-13-29-17/h6,9-10,14,16H,4-5,7-8,11-13H2,1-3H3,(H,23,28)/t14?,16?,22-/m1/s1. The van der Waals surface area contributed by atoms with E-state index in [0.29, 0.717) is 23.8 Å². The van der Waals surface area contributed by atoms with Gasteiger partial charge in [0.2, 0.25) is 12.7 Å². The van der Waals surface area contributed by atoms with Crippen LogP contribution in [0.15, 0.2) is 18.2 Å². The molecule has 0 unspecified atom stereocenters. The van der Waals surface area contributed by atoms with Crippen LogP contribution in [0.3, 0.4) is 0 Å². The van der Waals surface area contributed by atoms with Crippen LogP contribution in [-0.4, -0.2) is 59.6 Å². The average Bonchev–Trinajstić information content (AvgIpc) is 3.26. The number of amides is 4. The van der Waals surface area contributed by atoms with Crippen LogP contribution in [0.1, 0.15) is 45.1 Å². The summed E-state index contributed by atoms with van der Waals surface area (Å²) in [4.78, 5) is 41.1. The second-order valence-electron chi connectivity index (χ2n) is 8.94. The van der Waals surface area contributed by atoms with Gasteiger partial charge in [-0.15, -0.1) is 0 Å². The summed E-state index contributed by atoms with van der Waals surface area (Å²) in [5.74, 6) is 1.39. The number of hydrogen-bond acceptors (Lipinski definition) is 5. The number of urea groups is 1. The fourth-order valence-electron chi connectivity index (χ4n) is 4.55. The molecule has 2 aliphatic heterocycles. The molecule has 0 aromatic heterocycles. The lowest BCUT2D eigenvalue weighted by Gasteiger charge is -2.34. The van der Waals surface area contributed by atoms with Crippen molar-refractivity contribution < 1.29 is 23.9 Å². The highest BCUT2D eigenvalue weighted by Crippen LogP contribution is 2.34. The zero-order valence-electron chi connectivity index (χ0n) is 17.8. The van der Waals surface area contributed by atoms with Crippen LogP contribution in [0.4, 0.5) is 4.79 Å². The van der Waals surface area contributed by atoms with Crippen molar-refractivity contribution in [2.24, 2.45) is 5.92 Å². The largest absolute Gasteiger partial charge is 0.454 e. The van der Waals surface area contributed by atoms with Crippen LogP contribution < -0.4 is 14.8 Å². The summed E-state index contributed by atoms with van der Waals surface area (Å²) in [5.41, 5.74) is -0.263. The highest BCUT2D eigenvalue weighted by molar-refractivity contribution is 6.09. The monoisotopic (exact) mass is 415 g/mol. The Kier molecular flexibility index (Phi) is 5.34. The third-order valence-corrected chi connectivity index (χ3v) is 6.56. The zero-order valence-corrected chi connectivity index (χ0v) is 17.8. The molecule has 1 saturated carbocycles. The van der Waals surface area contributed by atoms with Gasteiger partial charge in [-0.2, -0.15) is 0 Å². The molecule has 8 heteroatoms. The van der Waals surface area contributed by atoms with Crippen molar-refractivity contribution in [1.29, 1.82) is 0 Å². The van der Waals surface area contributed by atoms with Crippen molar-refractivity contribution in [2.75, 3.05) is 20.4 Å². The molecule has 1 aliphatic carbocycles. The molecular weight excluding hydrogens is 386 g/mol. The number of likely N-dealkylation sites (N-methyl/N-ethyl adjacent to an activating group) is 1. The first-order chi connectivity index (χ1) is 14.3. The van der Waals surface area contributed by atoms with Gasteiger partial charge in [0.05, 0.1) is 0 Å². The summed E-state index contributed by atoms with van der Waals surface area (Å²) in [6.07, 6.45) is 4.42. The molecule has 0 spiro atoms. The molecule has 4 amide bonds. The van der Waals surface area contributed by atoms with Gasteiger partial charge in [-0.25, -0.2) is 4.79 Å². The number of rotatable bonds is 5. The van der Waals surface area contributed by atoms with Gasteiger partial charge in [-0.05, 0) is 56.2 Å². The van der Waals surface area contributed by atoms with Crippen LogP contribution in [0.2, 0.25) is 0 Å². The molecule has 3 aliphatic rings. The van der Waals surface area contributed by atoms with Gasteiger partial charge in [-0.3, -0.25) is 14.5 Å². The van der Waals surface area contributed by atoms with Crippen molar-refractivity contribution in [3.8, 4) is 11.5 Å². The number of fused-ring (bicyclic) bond motifs is 1. The molecule has 1 N–H and O–H groups in total. The van der Waals surface area contributed by atoms with E-state index >= 15 is 0 Å². The van der Waals surface area contributed by atoms with Gasteiger partial charge in [0.25, 0.3) is 5.91 Å². The third-order valence-electron chi connectivity index (χ3n) is 6.56. The van der Waals surface area contributed by atoms with E-state index in [1.807, 2.05) is 12.1 Å². The molecule has 1 aromatic carbocycles. The SMILES string of the molecule is CC1CCC(N(C)C(=O)CN2C(=O)N[C@](C)(Cc3ccc4c(c3)OCO4)C2=O)CC1. The van der Waals surface area contributed by atoms with Crippen LogP contribution in [0.5, 0.6) is 11.5 Å². The number of nitrogens with one attached hydrogen (secondary N) is 1. The molecule has 0 radical (unpaired) electrons. The Labute approximate surface area is 176 Å². The molecule has 4 rings (SSSR count). The molecule has 8 nitrogen and oxygen atoms in total. The van der Waals surface area contributed by atoms with Crippen molar-refractivity contribution in [3.63, 3.8) is 0 Å². The lowest BCUT2D eigenvalue weighted by molar-refractivity contribution is -0.139. The summed E-state index contributed by atoms with van der Waals surface area (Å²) in [5, 5.41) is 2.77. The van der Waals surface area contributed by atoms with Crippen molar-refractivity contribution in [2.45, 2.75) is 57.5 Å². The second kappa shape index (κ2) is 7.81.